The van der Waals surface area contributed by atoms with Crippen molar-refractivity contribution in [2.45, 2.75) is 25.7 Å². The van der Waals surface area contributed by atoms with Gasteiger partial charge in [0, 0.05) is 12.0 Å². The molecule has 1 aliphatic carbocycles. The van der Waals surface area contributed by atoms with Gasteiger partial charge in [-0.15, -0.1) is 11.3 Å². The zero-order chi connectivity index (χ0) is 9.69. The number of nitrogens with zero attached hydrogens (tertiary/aromatic N) is 1. The fourth-order valence-corrected chi connectivity index (χ4v) is 3.57. The van der Waals surface area contributed by atoms with E-state index >= 15 is 0 Å². The van der Waals surface area contributed by atoms with E-state index in [-0.39, 0.29) is 5.41 Å². The minimum absolute atomic E-state index is 0.156. The summed E-state index contributed by atoms with van der Waals surface area (Å²) >= 11 is 5.14. The maximum atomic E-state index is 5.84. The summed E-state index contributed by atoms with van der Waals surface area (Å²) in [6, 6.07) is 0. The molecule has 2 nitrogen and oxygen atoms in total. The standard InChI is InChI=1S/C9H13BrN2S/c1-8(2)4-9(8,5-11)7-12-3-6(10)13-7/h3H,4-5,11H2,1-2H3. The van der Waals surface area contributed by atoms with Crippen molar-refractivity contribution in [3.8, 4) is 0 Å². The number of hydrogen-bond donors (Lipinski definition) is 1. The summed E-state index contributed by atoms with van der Waals surface area (Å²) in [5, 5.41) is 1.19. The number of halogens is 1. The van der Waals surface area contributed by atoms with Gasteiger partial charge in [0.1, 0.15) is 5.01 Å². The van der Waals surface area contributed by atoms with Gasteiger partial charge in [0.25, 0.3) is 0 Å². The van der Waals surface area contributed by atoms with Gasteiger partial charge >= 0.3 is 0 Å². The molecule has 72 valence electrons. The lowest BCUT2D eigenvalue weighted by molar-refractivity contribution is 0.501. The van der Waals surface area contributed by atoms with Gasteiger partial charge < -0.3 is 5.73 Å². The van der Waals surface area contributed by atoms with Crippen LogP contribution in [0.2, 0.25) is 0 Å². The molecule has 1 unspecified atom stereocenters. The third-order valence-corrected chi connectivity index (χ3v) is 4.83. The molecule has 1 heterocycles. The fourth-order valence-electron chi connectivity index (χ4n) is 1.99. The average molecular weight is 261 g/mol. The van der Waals surface area contributed by atoms with E-state index in [1.807, 2.05) is 6.20 Å². The van der Waals surface area contributed by atoms with E-state index in [1.54, 1.807) is 11.3 Å². The van der Waals surface area contributed by atoms with Gasteiger partial charge in [-0.3, -0.25) is 0 Å². The Morgan fingerprint density at radius 1 is 1.69 bits per heavy atom. The topological polar surface area (TPSA) is 38.9 Å². The molecule has 0 bridgehead atoms. The summed E-state index contributed by atoms with van der Waals surface area (Å²) in [6.45, 7) is 5.23. The van der Waals surface area contributed by atoms with Gasteiger partial charge in [0.2, 0.25) is 0 Å². The minimum atomic E-state index is 0.156. The molecule has 1 atom stereocenters. The van der Waals surface area contributed by atoms with Crippen molar-refractivity contribution in [3.63, 3.8) is 0 Å². The Balaban J connectivity index is 2.35. The summed E-state index contributed by atoms with van der Waals surface area (Å²) in [6.07, 6.45) is 3.03. The molecule has 0 spiro atoms. The second kappa shape index (κ2) is 2.78. The van der Waals surface area contributed by atoms with E-state index in [0.29, 0.717) is 12.0 Å². The molecule has 0 saturated heterocycles. The molecule has 2 rings (SSSR count). The molecule has 1 saturated carbocycles. The van der Waals surface area contributed by atoms with Gasteiger partial charge in [0.05, 0.1) is 9.98 Å². The SMILES string of the molecule is CC1(C)CC1(CN)c1ncc(Br)s1. The van der Waals surface area contributed by atoms with Crippen molar-refractivity contribution < 1.29 is 0 Å². The quantitative estimate of drug-likeness (QED) is 0.888. The number of hydrogen-bond acceptors (Lipinski definition) is 3. The first-order valence-electron chi connectivity index (χ1n) is 4.34. The lowest BCUT2D eigenvalue weighted by Gasteiger charge is -2.14. The fraction of sp³-hybridized carbons (Fsp3) is 0.667. The highest BCUT2D eigenvalue weighted by Crippen LogP contribution is 2.64. The Morgan fingerprint density at radius 2 is 2.31 bits per heavy atom. The van der Waals surface area contributed by atoms with Crippen molar-refractivity contribution in [2.24, 2.45) is 11.1 Å². The third kappa shape index (κ3) is 1.27. The van der Waals surface area contributed by atoms with Gasteiger partial charge in [-0.2, -0.15) is 0 Å². The molecule has 0 radical (unpaired) electrons. The molecule has 4 heteroatoms. The predicted octanol–water partition coefficient (Wildman–Crippen LogP) is 2.53. The van der Waals surface area contributed by atoms with E-state index in [4.69, 9.17) is 5.73 Å². The summed E-state index contributed by atoms with van der Waals surface area (Å²) < 4.78 is 1.10. The van der Waals surface area contributed by atoms with Crippen LogP contribution in [0, 0.1) is 5.41 Å². The van der Waals surface area contributed by atoms with Gasteiger partial charge in [0.15, 0.2) is 0 Å². The Morgan fingerprint density at radius 3 is 2.62 bits per heavy atom. The van der Waals surface area contributed by atoms with Crippen LogP contribution in [0.1, 0.15) is 25.3 Å². The molecule has 1 aromatic rings. The lowest BCUT2D eigenvalue weighted by atomic mass is 9.97. The highest BCUT2D eigenvalue weighted by atomic mass is 79.9. The van der Waals surface area contributed by atoms with Crippen molar-refractivity contribution >= 4 is 27.3 Å². The van der Waals surface area contributed by atoms with Crippen LogP contribution in [0.25, 0.3) is 0 Å². The van der Waals surface area contributed by atoms with E-state index in [0.717, 1.165) is 10.2 Å². The van der Waals surface area contributed by atoms with Gasteiger partial charge in [-0.1, -0.05) is 13.8 Å². The predicted molar refractivity (Wildman–Crippen MR) is 58.9 cm³/mol. The van der Waals surface area contributed by atoms with Gasteiger partial charge in [-0.05, 0) is 27.8 Å². The van der Waals surface area contributed by atoms with Crippen molar-refractivity contribution in [3.05, 3.63) is 15.0 Å². The highest BCUT2D eigenvalue weighted by Gasteiger charge is 2.62. The number of thiazole rings is 1. The summed E-state index contributed by atoms with van der Waals surface area (Å²) in [5.41, 5.74) is 6.33. The van der Waals surface area contributed by atoms with Crippen LogP contribution in [0.5, 0.6) is 0 Å². The normalized spacial score (nSPS) is 30.5. The molecule has 1 fully saturated rings. The number of rotatable bonds is 2. The summed E-state index contributed by atoms with van der Waals surface area (Å²) in [4.78, 5) is 4.41. The highest BCUT2D eigenvalue weighted by molar-refractivity contribution is 9.11. The second-order valence-corrected chi connectivity index (χ2v) is 6.73. The summed E-state index contributed by atoms with van der Waals surface area (Å²) in [5.74, 6) is 0. The maximum absolute atomic E-state index is 5.84. The van der Waals surface area contributed by atoms with Crippen LogP contribution in [-0.2, 0) is 5.41 Å². The zero-order valence-electron chi connectivity index (χ0n) is 7.80. The zero-order valence-corrected chi connectivity index (χ0v) is 10.2. The van der Waals surface area contributed by atoms with Crippen LogP contribution < -0.4 is 5.73 Å². The molecule has 0 amide bonds. The lowest BCUT2D eigenvalue weighted by Crippen LogP contribution is -2.24. The molecule has 1 aromatic heterocycles. The van der Waals surface area contributed by atoms with Crippen LogP contribution >= 0.6 is 27.3 Å². The molecule has 1 aliphatic rings. The van der Waals surface area contributed by atoms with Crippen molar-refractivity contribution in [2.75, 3.05) is 6.54 Å². The van der Waals surface area contributed by atoms with E-state index in [1.165, 1.54) is 5.01 Å². The largest absolute Gasteiger partial charge is 0.329 e. The average Bonchev–Trinajstić information content (AvgIpc) is 2.43. The number of nitrogens with two attached hydrogens (primary N) is 1. The first-order chi connectivity index (χ1) is 6.02. The summed E-state index contributed by atoms with van der Waals surface area (Å²) in [7, 11) is 0. The Labute approximate surface area is 90.7 Å². The molecular formula is C9H13BrN2S. The Kier molecular flexibility index (Phi) is 2.06. The Bertz CT molecular complexity index is 334. The number of aromatic nitrogens is 1. The van der Waals surface area contributed by atoms with Crippen molar-refractivity contribution in [1.82, 2.24) is 4.98 Å². The first kappa shape index (κ1) is 9.62. The van der Waals surface area contributed by atoms with E-state index in [2.05, 4.69) is 34.8 Å². The first-order valence-corrected chi connectivity index (χ1v) is 5.95. The molecular weight excluding hydrogens is 248 g/mol. The third-order valence-electron chi connectivity index (χ3n) is 3.15. The molecule has 2 N–H and O–H groups in total. The minimum Gasteiger partial charge on any atom is -0.329 e. The van der Waals surface area contributed by atoms with Crippen molar-refractivity contribution in [1.29, 1.82) is 0 Å². The molecule has 0 aromatic carbocycles. The second-order valence-electron chi connectivity index (χ2n) is 4.32. The van der Waals surface area contributed by atoms with Gasteiger partial charge in [-0.25, -0.2) is 4.98 Å². The monoisotopic (exact) mass is 260 g/mol. The maximum Gasteiger partial charge on any atom is 0.102 e. The van der Waals surface area contributed by atoms with Crippen LogP contribution in [0.15, 0.2) is 9.98 Å². The smallest absolute Gasteiger partial charge is 0.102 e. The van der Waals surface area contributed by atoms with E-state index in [9.17, 15) is 0 Å². The van der Waals surface area contributed by atoms with Crippen LogP contribution in [0.3, 0.4) is 0 Å². The Hall–Kier alpha value is 0.0700. The molecule has 13 heavy (non-hydrogen) atoms. The molecule has 0 aliphatic heterocycles. The van der Waals surface area contributed by atoms with Crippen LogP contribution in [-0.4, -0.2) is 11.5 Å². The van der Waals surface area contributed by atoms with Crippen LogP contribution in [0.4, 0.5) is 0 Å². The van der Waals surface area contributed by atoms with E-state index < -0.39 is 0 Å².